The summed E-state index contributed by atoms with van der Waals surface area (Å²) in [4.78, 5) is 34.6. The number of nitrogens with one attached hydrogen (secondary N) is 1. The zero-order chi connectivity index (χ0) is 15.1. The minimum absolute atomic E-state index is 0.147. The van der Waals surface area contributed by atoms with Gasteiger partial charge in [0.15, 0.2) is 0 Å². The number of carboxylic acid groups (broad SMARTS) is 1. The fourth-order valence-electron chi connectivity index (χ4n) is 2.86. The lowest BCUT2D eigenvalue weighted by atomic mass is 9.88. The second-order valence-corrected chi connectivity index (χ2v) is 5.24. The molecule has 1 fully saturated rings. The first-order valence-electron chi connectivity index (χ1n) is 6.63. The molecule has 2 N–H and O–H groups in total. The van der Waals surface area contributed by atoms with E-state index in [1.165, 1.54) is 6.07 Å². The summed E-state index contributed by atoms with van der Waals surface area (Å²) in [5.41, 5.74) is 1.63. The summed E-state index contributed by atoms with van der Waals surface area (Å²) in [5, 5.41) is 12.3. The van der Waals surface area contributed by atoms with Crippen LogP contribution in [-0.2, 0) is 16.6 Å². The number of hydrogen-bond acceptors (Lipinski definition) is 3. The molecule has 1 atom stereocenters. The molecule has 0 aliphatic carbocycles. The van der Waals surface area contributed by atoms with Crippen molar-refractivity contribution in [1.29, 1.82) is 0 Å². The number of carbonyl (C=O) groups excluding carboxylic acids is 2. The molecular weight excluding hydrogens is 272 g/mol. The molecule has 2 aromatic rings. The van der Waals surface area contributed by atoms with Crippen molar-refractivity contribution >= 4 is 28.7 Å². The molecule has 1 saturated heterocycles. The van der Waals surface area contributed by atoms with Crippen molar-refractivity contribution in [2.75, 3.05) is 0 Å². The van der Waals surface area contributed by atoms with Crippen molar-refractivity contribution in [3.8, 4) is 0 Å². The molecule has 21 heavy (non-hydrogen) atoms. The Morgan fingerprint density at radius 3 is 2.81 bits per heavy atom. The molecule has 6 nitrogen and oxygen atoms in total. The summed E-state index contributed by atoms with van der Waals surface area (Å²) in [5.74, 6) is -2.18. The van der Waals surface area contributed by atoms with E-state index in [0.717, 1.165) is 10.9 Å². The predicted octanol–water partition coefficient (Wildman–Crippen LogP) is 1.40. The smallest absolute Gasteiger partial charge is 0.335 e. The van der Waals surface area contributed by atoms with E-state index in [-0.39, 0.29) is 23.8 Å². The number of benzene rings is 1. The third kappa shape index (κ3) is 2.18. The van der Waals surface area contributed by atoms with Crippen molar-refractivity contribution in [3.05, 3.63) is 35.5 Å². The summed E-state index contributed by atoms with van der Waals surface area (Å²) in [7, 11) is 1.85. The highest BCUT2D eigenvalue weighted by atomic mass is 16.4. The number of fused-ring (bicyclic) bond motifs is 1. The minimum atomic E-state index is -1.03. The fraction of sp³-hybridized carbons (Fsp3) is 0.267. The van der Waals surface area contributed by atoms with Gasteiger partial charge in [-0.2, -0.15) is 0 Å². The van der Waals surface area contributed by atoms with Gasteiger partial charge < -0.3 is 9.67 Å². The van der Waals surface area contributed by atoms with Crippen molar-refractivity contribution in [2.45, 2.75) is 18.8 Å². The number of aryl methyl sites for hydroxylation is 1. The number of imide groups is 1. The molecule has 1 aliphatic rings. The zero-order valence-electron chi connectivity index (χ0n) is 11.4. The molecule has 1 aliphatic heterocycles. The van der Waals surface area contributed by atoms with E-state index in [1.54, 1.807) is 6.07 Å². The lowest BCUT2D eigenvalue weighted by molar-refractivity contribution is -0.134. The molecule has 2 heterocycles. The second-order valence-electron chi connectivity index (χ2n) is 5.24. The number of hydrogen-bond donors (Lipinski definition) is 2. The average Bonchev–Trinajstić information content (AvgIpc) is 2.80. The highest BCUT2D eigenvalue weighted by Crippen LogP contribution is 2.32. The van der Waals surface area contributed by atoms with Crippen LogP contribution in [0.1, 0.15) is 34.7 Å². The van der Waals surface area contributed by atoms with Gasteiger partial charge in [0, 0.05) is 25.1 Å². The van der Waals surface area contributed by atoms with Crippen molar-refractivity contribution in [3.63, 3.8) is 0 Å². The van der Waals surface area contributed by atoms with E-state index in [4.69, 9.17) is 0 Å². The highest BCUT2D eigenvalue weighted by molar-refractivity contribution is 6.04. The minimum Gasteiger partial charge on any atom is -0.478 e. The normalized spacial score (nSPS) is 18.8. The van der Waals surface area contributed by atoms with Crippen LogP contribution in [0.3, 0.4) is 0 Å². The SMILES string of the molecule is Cn1ccc2cc(C(=O)O)cc(C3CCC(=O)NC3=O)c21. The standard InChI is InChI=1S/C15H14N2O4/c1-17-5-4-8-6-9(15(20)21)7-11(13(8)17)10-2-3-12(18)16-14(10)19/h4-7,10H,2-3H2,1H3,(H,20,21)(H,16,18,19). The molecule has 3 rings (SSSR count). The van der Waals surface area contributed by atoms with Crippen LogP contribution in [0.15, 0.2) is 24.4 Å². The second kappa shape index (κ2) is 4.73. The maximum atomic E-state index is 12.1. The number of rotatable bonds is 2. The lowest BCUT2D eigenvalue weighted by Gasteiger charge is -2.22. The molecule has 6 heteroatoms. The summed E-state index contributed by atoms with van der Waals surface area (Å²) in [6.45, 7) is 0. The van der Waals surface area contributed by atoms with Gasteiger partial charge in [0.1, 0.15) is 0 Å². The molecule has 0 spiro atoms. The molecule has 0 bridgehead atoms. The first-order valence-corrected chi connectivity index (χ1v) is 6.63. The molecule has 0 radical (unpaired) electrons. The Labute approximate surface area is 120 Å². The van der Waals surface area contributed by atoms with E-state index in [2.05, 4.69) is 5.32 Å². The van der Waals surface area contributed by atoms with Gasteiger partial charge in [-0.3, -0.25) is 14.9 Å². The third-order valence-electron chi connectivity index (χ3n) is 3.86. The summed E-state index contributed by atoms with van der Waals surface area (Å²) < 4.78 is 1.86. The Bertz CT molecular complexity index is 775. The van der Waals surface area contributed by atoms with E-state index in [9.17, 15) is 19.5 Å². The first kappa shape index (κ1) is 13.4. The Morgan fingerprint density at radius 2 is 2.14 bits per heavy atom. The molecule has 1 unspecified atom stereocenters. The highest BCUT2D eigenvalue weighted by Gasteiger charge is 2.30. The van der Waals surface area contributed by atoms with Crippen LogP contribution in [0.5, 0.6) is 0 Å². The van der Waals surface area contributed by atoms with Crippen molar-refractivity contribution in [2.24, 2.45) is 7.05 Å². The number of aromatic carboxylic acids is 1. The van der Waals surface area contributed by atoms with Gasteiger partial charge in [0.25, 0.3) is 0 Å². The monoisotopic (exact) mass is 286 g/mol. The molecule has 1 aromatic heterocycles. The Morgan fingerprint density at radius 1 is 1.38 bits per heavy atom. The largest absolute Gasteiger partial charge is 0.478 e. The Balaban J connectivity index is 2.20. The quantitative estimate of drug-likeness (QED) is 0.817. The average molecular weight is 286 g/mol. The maximum Gasteiger partial charge on any atom is 0.335 e. The van der Waals surface area contributed by atoms with Crippen LogP contribution in [-0.4, -0.2) is 27.5 Å². The number of amides is 2. The predicted molar refractivity (Wildman–Crippen MR) is 75.0 cm³/mol. The van der Waals surface area contributed by atoms with Gasteiger partial charge in [-0.15, -0.1) is 0 Å². The van der Waals surface area contributed by atoms with Gasteiger partial charge in [0.05, 0.1) is 17.0 Å². The van der Waals surface area contributed by atoms with Gasteiger partial charge in [-0.05, 0) is 30.2 Å². The van der Waals surface area contributed by atoms with Crippen LogP contribution in [0.25, 0.3) is 10.9 Å². The topological polar surface area (TPSA) is 88.4 Å². The first-order chi connectivity index (χ1) is 9.97. The van der Waals surface area contributed by atoms with Crippen LogP contribution in [0.4, 0.5) is 0 Å². The Hall–Kier alpha value is -2.63. The van der Waals surface area contributed by atoms with Crippen LogP contribution >= 0.6 is 0 Å². The van der Waals surface area contributed by atoms with Crippen LogP contribution in [0.2, 0.25) is 0 Å². The van der Waals surface area contributed by atoms with Gasteiger partial charge in [-0.1, -0.05) is 0 Å². The molecule has 108 valence electrons. The molecule has 0 saturated carbocycles. The number of carboxylic acids is 1. The Kier molecular flexibility index (Phi) is 3.01. The lowest BCUT2D eigenvalue weighted by Crippen LogP contribution is -2.39. The number of aromatic nitrogens is 1. The van der Waals surface area contributed by atoms with Crippen LogP contribution in [0, 0.1) is 0 Å². The zero-order valence-corrected chi connectivity index (χ0v) is 11.4. The number of carbonyl (C=O) groups is 3. The van der Waals surface area contributed by atoms with E-state index in [0.29, 0.717) is 12.0 Å². The summed E-state index contributed by atoms with van der Waals surface area (Å²) in [6, 6.07) is 4.94. The molecule has 1 aromatic carbocycles. The third-order valence-corrected chi connectivity index (χ3v) is 3.86. The van der Waals surface area contributed by atoms with E-state index >= 15 is 0 Å². The van der Waals surface area contributed by atoms with Crippen molar-refractivity contribution in [1.82, 2.24) is 9.88 Å². The van der Waals surface area contributed by atoms with Gasteiger partial charge >= 0.3 is 5.97 Å². The maximum absolute atomic E-state index is 12.1. The number of piperidine rings is 1. The van der Waals surface area contributed by atoms with E-state index < -0.39 is 11.9 Å². The van der Waals surface area contributed by atoms with Gasteiger partial charge in [-0.25, -0.2) is 4.79 Å². The summed E-state index contributed by atoms with van der Waals surface area (Å²) >= 11 is 0. The summed E-state index contributed by atoms with van der Waals surface area (Å²) in [6.07, 6.45) is 2.49. The van der Waals surface area contributed by atoms with Gasteiger partial charge in [0.2, 0.25) is 11.8 Å². The van der Waals surface area contributed by atoms with Crippen LogP contribution < -0.4 is 5.32 Å². The van der Waals surface area contributed by atoms with Crippen molar-refractivity contribution < 1.29 is 19.5 Å². The van der Waals surface area contributed by atoms with E-state index in [1.807, 2.05) is 23.9 Å². The fourth-order valence-corrected chi connectivity index (χ4v) is 2.86. The number of nitrogens with zero attached hydrogens (tertiary/aromatic N) is 1. The molecular formula is C15H14N2O4. The molecule has 2 amide bonds.